The molecule has 2 aromatic rings. The Morgan fingerprint density at radius 1 is 1.00 bits per heavy atom. The molecule has 0 amide bonds. The van der Waals surface area contributed by atoms with Gasteiger partial charge in [0, 0.05) is 10.0 Å². The van der Waals surface area contributed by atoms with Gasteiger partial charge in [-0.15, -0.1) is 0 Å². The molecule has 2 rings (SSSR count). The van der Waals surface area contributed by atoms with Gasteiger partial charge in [0.2, 0.25) is 0 Å². The molecule has 0 aliphatic heterocycles. The predicted molar refractivity (Wildman–Crippen MR) is 81.7 cm³/mol. The summed E-state index contributed by atoms with van der Waals surface area (Å²) in [6.07, 6.45) is 0. The van der Waals surface area contributed by atoms with Crippen molar-refractivity contribution in [2.24, 2.45) is 0 Å². The molecule has 0 saturated carbocycles. The molecule has 0 heterocycles. The van der Waals surface area contributed by atoms with E-state index < -0.39 is 21.4 Å². The third-order valence-corrected chi connectivity index (χ3v) is 5.03. The van der Waals surface area contributed by atoms with E-state index in [1.54, 1.807) is 36.4 Å². The first-order valence-electron chi connectivity index (χ1n) is 5.97. The zero-order valence-electron chi connectivity index (χ0n) is 10.8. The van der Waals surface area contributed by atoms with E-state index >= 15 is 0 Å². The van der Waals surface area contributed by atoms with Crippen LogP contribution in [0.4, 0.5) is 0 Å². The van der Waals surface area contributed by atoms with Gasteiger partial charge in [0.25, 0.3) is 0 Å². The van der Waals surface area contributed by atoms with Crippen molar-refractivity contribution in [3.8, 4) is 0 Å². The van der Waals surface area contributed by atoms with Gasteiger partial charge in [-0.2, -0.15) is 0 Å². The minimum absolute atomic E-state index is 0.175. The Balaban J connectivity index is 2.22. The van der Waals surface area contributed by atoms with Gasteiger partial charge >= 0.3 is 0 Å². The highest BCUT2D eigenvalue weighted by Crippen LogP contribution is 2.15. The smallest absolute Gasteiger partial charge is 0.185 e. The third kappa shape index (κ3) is 3.55. The molecular weight excluding hydrogens is 340 g/mol. The normalized spacial score (nSPS) is 11.3. The second kappa shape index (κ2) is 5.89. The van der Waals surface area contributed by atoms with Crippen molar-refractivity contribution in [2.75, 3.05) is 5.75 Å². The number of rotatable bonds is 4. The van der Waals surface area contributed by atoms with Crippen molar-refractivity contribution in [3.05, 3.63) is 64.1 Å². The summed E-state index contributed by atoms with van der Waals surface area (Å²) in [6.45, 7) is 1.88. The summed E-state index contributed by atoms with van der Waals surface area (Å²) < 4.78 is 25.2. The second-order valence-electron chi connectivity index (χ2n) is 4.50. The maximum atomic E-state index is 12.2. The monoisotopic (exact) mass is 352 g/mol. The van der Waals surface area contributed by atoms with Crippen LogP contribution in [0.15, 0.2) is 57.9 Å². The van der Waals surface area contributed by atoms with Crippen LogP contribution in [0.1, 0.15) is 15.9 Å². The minimum Gasteiger partial charge on any atom is -0.293 e. The maximum Gasteiger partial charge on any atom is 0.185 e. The zero-order valence-corrected chi connectivity index (χ0v) is 13.2. The largest absolute Gasteiger partial charge is 0.293 e. The number of carbonyl (C=O) groups is 1. The van der Waals surface area contributed by atoms with Crippen molar-refractivity contribution < 1.29 is 13.2 Å². The van der Waals surface area contributed by atoms with Gasteiger partial charge < -0.3 is 0 Å². The fourth-order valence-electron chi connectivity index (χ4n) is 1.72. The van der Waals surface area contributed by atoms with Crippen LogP contribution in [-0.4, -0.2) is 20.0 Å². The lowest BCUT2D eigenvalue weighted by Gasteiger charge is -2.05. The van der Waals surface area contributed by atoms with E-state index in [0.29, 0.717) is 5.56 Å². The molecule has 0 bridgehead atoms. The number of benzene rings is 2. The number of carbonyl (C=O) groups excluding carboxylic acids is 1. The van der Waals surface area contributed by atoms with Crippen LogP contribution in [0.5, 0.6) is 0 Å². The van der Waals surface area contributed by atoms with E-state index in [0.717, 1.165) is 10.0 Å². The summed E-state index contributed by atoms with van der Waals surface area (Å²) in [5.74, 6) is -0.921. The van der Waals surface area contributed by atoms with Crippen LogP contribution in [0.2, 0.25) is 0 Å². The topological polar surface area (TPSA) is 51.2 Å². The van der Waals surface area contributed by atoms with Gasteiger partial charge in [-0.3, -0.25) is 4.79 Å². The van der Waals surface area contributed by atoms with Crippen LogP contribution in [0, 0.1) is 6.92 Å². The van der Waals surface area contributed by atoms with Crippen LogP contribution in [-0.2, 0) is 9.84 Å². The molecule has 2 aromatic carbocycles. The molecule has 0 fully saturated rings. The van der Waals surface area contributed by atoms with Gasteiger partial charge in [-0.1, -0.05) is 45.8 Å². The number of halogens is 1. The van der Waals surface area contributed by atoms with Crippen LogP contribution >= 0.6 is 15.9 Å². The molecule has 0 aromatic heterocycles. The average Bonchev–Trinajstić information content (AvgIpc) is 2.39. The molecule has 5 heteroatoms. The Bertz CT molecular complexity index is 717. The molecule has 0 N–H and O–H groups in total. The van der Waals surface area contributed by atoms with E-state index in [1.807, 2.05) is 6.92 Å². The Hall–Kier alpha value is -1.46. The van der Waals surface area contributed by atoms with Crippen molar-refractivity contribution >= 4 is 31.6 Å². The van der Waals surface area contributed by atoms with Crippen molar-refractivity contribution in [2.45, 2.75) is 11.8 Å². The van der Waals surface area contributed by atoms with E-state index in [1.165, 1.54) is 12.1 Å². The van der Waals surface area contributed by atoms with Gasteiger partial charge in [-0.25, -0.2) is 8.42 Å². The number of aryl methyl sites for hydroxylation is 1. The number of hydrogen-bond donors (Lipinski definition) is 0. The van der Waals surface area contributed by atoms with E-state index in [2.05, 4.69) is 15.9 Å². The fourth-order valence-corrected chi connectivity index (χ4v) is 3.21. The van der Waals surface area contributed by atoms with Gasteiger partial charge in [0.05, 0.1) is 4.90 Å². The first-order chi connectivity index (χ1) is 9.38. The van der Waals surface area contributed by atoms with E-state index in [-0.39, 0.29) is 4.90 Å². The number of ketones is 1. The van der Waals surface area contributed by atoms with Crippen molar-refractivity contribution in [1.29, 1.82) is 0 Å². The Morgan fingerprint density at radius 2 is 1.55 bits per heavy atom. The zero-order chi connectivity index (χ0) is 14.8. The quantitative estimate of drug-likeness (QED) is 0.792. The molecule has 0 aliphatic rings. The second-order valence-corrected chi connectivity index (χ2v) is 7.41. The molecule has 20 heavy (non-hydrogen) atoms. The molecular formula is C15H13BrO3S. The highest BCUT2D eigenvalue weighted by Gasteiger charge is 2.20. The minimum atomic E-state index is -3.60. The Kier molecular flexibility index (Phi) is 4.40. The average molecular weight is 353 g/mol. The molecule has 0 unspecified atom stereocenters. The summed E-state index contributed by atoms with van der Waals surface area (Å²) in [5.41, 5.74) is 1.37. The van der Waals surface area contributed by atoms with Crippen LogP contribution in [0.3, 0.4) is 0 Å². The third-order valence-electron chi connectivity index (χ3n) is 2.87. The highest BCUT2D eigenvalue weighted by atomic mass is 79.9. The summed E-state index contributed by atoms with van der Waals surface area (Å²) >= 11 is 3.27. The number of sulfone groups is 1. The standard InChI is InChI=1S/C15H13BrO3S/c1-11-2-8-14(9-3-11)20(18,19)10-15(17)12-4-6-13(16)7-5-12/h2-9H,10H2,1H3. The highest BCUT2D eigenvalue weighted by molar-refractivity contribution is 9.10. The molecule has 0 spiro atoms. The lowest BCUT2D eigenvalue weighted by atomic mass is 10.2. The molecule has 104 valence electrons. The predicted octanol–water partition coefficient (Wildman–Crippen LogP) is 3.41. The maximum absolute atomic E-state index is 12.2. The van der Waals surface area contributed by atoms with Gasteiger partial charge in [0.1, 0.15) is 5.75 Å². The summed E-state index contributed by atoms with van der Waals surface area (Å²) in [7, 11) is -3.60. The van der Waals surface area contributed by atoms with Gasteiger partial charge in [-0.05, 0) is 31.2 Å². The Labute approximate surface area is 126 Å². The summed E-state index contributed by atoms with van der Waals surface area (Å²) in [5, 5.41) is 0. The summed E-state index contributed by atoms with van der Waals surface area (Å²) in [6, 6.07) is 13.1. The first kappa shape index (κ1) is 14.9. The van der Waals surface area contributed by atoms with Crippen LogP contribution in [0.25, 0.3) is 0 Å². The number of Topliss-reactive ketones (excluding diaryl/α,β-unsaturated/α-hetero) is 1. The van der Waals surface area contributed by atoms with Gasteiger partial charge in [0.15, 0.2) is 15.6 Å². The van der Waals surface area contributed by atoms with Crippen LogP contribution < -0.4 is 0 Å². The van der Waals surface area contributed by atoms with Crippen molar-refractivity contribution in [3.63, 3.8) is 0 Å². The molecule has 3 nitrogen and oxygen atoms in total. The fraction of sp³-hybridized carbons (Fsp3) is 0.133. The van der Waals surface area contributed by atoms with E-state index in [9.17, 15) is 13.2 Å². The lowest BCUT2D eigenvalue weighted by molar-refractivity contribution is 0.102. The SMILES string of the molecule is Cc1ccc(S(=O)(=O)CC(=O)c2ccc(Br)cc2)cc1. The molecule has 0 aliphatic carbocycles. The lowest BCUT2D eigenvalue weighted by Crippen LogP contribution is -2.16. The first-order valence-corrected chi connectivity index (χ1v) is 8.41. The summed E-state index contributed by atoms with van der Waals surface area (Å²) in [4.78, 5) is 12.2. The Morgan fingerprint density at radius 3 is 2.10 bits per heavy atom. The molecule has 0 atom stereocenters. The molecule has 0 saturated heterocycles. The number of hydrogen-bond acceptors (Lipinski definition) is 3. The van der Waals surface area contributed by atoms with E-state index in [4.69, 9.17) is 0 Å². The molecule has 0 radical (unpaired) electrons. The van der Waals surface area contributed by atoms with Crippen molar-refractivity contribution in [1.82, 2.24) is 0 Å².